The monoisotopic (exact) mass is 382 g/mol. The second-order valence-corrected chi connectivity index (χ2v) is 9.62. The predicted octanol–water partition coefficient (Wildman–Crippen LogP) is 3.84. The highest BCUT2D eigenvalue weighted by Gasteiger charge is 2.28. The van der Waals surface area contributed by atoms with Gasteiger partial charge < -0.3 is 4.57 Å². The van der Waals surface area contributed by atoms with E-state index in [0.29, 0.717) is 4.90 Å². The molecule has 1 unspecified atom stereocenters. The van der Waals surface area contributed by atoms with E-state index in [0.717, 1.165) is 36.8 Å². The first kappa shape index (κ1) is 18.3. The maximum Gasteiger partial charge on any atom is 0.175 e. The molecule has 5 heteroatoms. The van der Waals surface area contributed by atoms with Crippen molar-refractivity contribution in [3.63, 3.8) is 0 Å². The molecule has 0 fully saturated rings. The Labute approximate surface area is 161 Å². The number of hydrogen-bond donors (Lipinski definition) is 0. The van der Waals surface area contributed by atoms with Crippen LogP contribution in [0, 0.1) is 0 Å². The first-order valence-corrected chi connectivity index (χ1v) is 11.3. The number of nitrogens with zero attached hydrogens (tertiary/aromatic N) is 2. The van der Waals surface area contributed by atoms with Gasteiger partial charge in [-0.1, -0.05) is 30.3 Å². The molecule has 2 aromatic carbocycles. The van der Waals surface area contributed by atoms with Gasteiger partial charge in [-0.15, -0.1) is 0 Å². The number of fused-ring (bicyclic) bond motifs is 3. The van der Waals surface area contributed by atoms with Crippen LogP contribution in [0.25, 0.3) is 10.9 Å². The molecule has 1 aliphatic heterocycles. The maximum absolute atomic E-state index is 12.1. The van der Waals surface area contributed by atoms with Gasteiger partial charge in [0.05, 0.1) is 4.90 Å². The van der Waals surface area contributed by atoms with Crippen molar-refractivity contribution in [2.45, 2.75) is 37.2 Å². The van der Waals surface area contributed by atoms with E-state index in [4.69, 9.17) is 0 Å². The lowest BCUT2D eigenvalue weighted by Crippen LogP contribution is -2.31. The summed E-state index contributed by atoms with van der Waals surface area (Å²) in [5, 5.41) is 1.08. The molecule has 2 heterocycles. The predicted molar refractivity (Wildman–Crippen MR) is 110 cm³/mol. The van der Waals surface area contributed by atoms with E-state index in [1.54, 1.807) is 6.07 Å². The lowest BCUT2D eigenvalue weighted by Gasteiger charge is -2.31. The molecule has 1 aromatic heterocycles. The molecule has 0 amide bonds. The van der Waals surface area contributed by atoms with Gasteiger partial charge in [0.15, 0.2) is 9.84 Å². The van der Waals surface area contributed by atoms with Crippen LogP contribution < -0.4 is 0 Å². The van der Waals surface area contributed by atoms with Crippen molar-refractivity contribution in [2.75, 3.05) is 19.8 Å². The third-order valence-corrected chi connectivity index (χ3v) is 6.97. The first-order valence-electron chi connectivity index (χ1n) is 9.45. The van der Waals surface area contributed by atoms with Crippen LogP contribution in [0.4, 0.5) is 0 Å². The Hall–Kier alpha value is -2.11. The Morgan fingerprint density at radius 1 is 1.11 bits per heavy atom. The molecule has 0 radical (unpaired) electrons. The van der Waals surface area contributed by atoms with Crippen molar-refractivity contribution >= 4 is 20.7 Å². The van der Waals surface area contributed by atoms with Gasteiger partial charge in [-0.2, -0.15) is 0 Å². The normalized spacial score (nSPS) is 18.0. The summed E-state index contributed by atoms with van der Waals surface area (Å²) in [6.07, 6.45) is 3.24. The third-order valence-electron chi connectivity index (χ3n) is 5.86. The van der Waals surface area contributed by atoms with Crippen molar-refractivity contribution in [1.82, 2.24) is 9.47 Å². The second-order valence-electron chi connectivity index (χ2n) is 7.61. The van der Waals surface area contributed by atoms with Crippen LogP contribution >= 0.6 is 0 Å². The summed E-state index contributed by atoms with van der Waals surface area (Å²) < 4.78 is 26.6. The Balaban J connectivity index is 1.85. The minimum atomic E-state index is -3.22. The van der Waals surface area contributed by atoms with E-state index in [1.807, 2.05) is 18.2 Å². The van der Waals surface area contributed by atoms with Crippen LogP contribution in [-0.2, 0) is 29.2 Å². The van der Waals surface area contributed by atoms with Crippen LogP contribution in [0.2, 0.25) is 0 Å². The molecule has 0 saturated carbocycles. The highest BCUT2D eigenvalue weighted by Crippen LogP contribution is 2.38. The summed E-state index contributed by atoms with van der Waals surface area (Å²) in [4.78, 5) is 2.75. The minimum absolute atomic E-state index is 0.282. The van der Waals surface area contributed by atoms with E-state index in [1.165, 1.54) is 23.1 Å². The van der Waals surface area contributed by atoms with Crippen LogP contribution in [0.1, 0.15) is 29.8 Å². The Bertz CT molecular complexity index is 1080. The molecule has 1 aliphatic rings. The first-order chi connectivity index (χ1) is 12.9. The molecular formula is C22H26N2O2S. The van der Waals surface area contributed by atoms with Gasteiger partial charge in [0.2, 0.25) is 0 Å². The molecule has 0 aliphatic carbocycles. The highest BCUT2D eigenvalue weighted by molar-refractivity contribution is 7.90. The van der Waals surface area contributed by atoms with Crippen LogP contribution in [0.3, 0.4) is 0 Å². The minimum Gasteiger partial charge on any atom is -0.344 e. The fourth-order valence-corrected chi connectivity index (χ4v) is 4.86. The summed E-state index contributed by atoms with van der Waals surface area (Å²) in [6.45, 7) is 4.14. The van der Waals surface area contributed by atoms with Crippen molar-refractivity contribution in [3.8, 4) is 0 Å². The lowest BCUT2D eigenvalue weighted by molar-refractivity contribution is 0.245. The van der Waals surface area contributed by atoms with Crippen LogP contribution in [0.15, 0.2) is 53.4 Å². The molecule has 0 saturated heterocycles. The maximum atomic E-state index is 12.1. The van der Waals surface area contributed by atoms with Crippen molar-refractivity contribution in [3.05, 3.63) is 65.4 Å². The number of hydrogen-bond acceptors (Lipinski definition) is 3. The van der Waals surface area contributed by atoms with Gasteiger partial charge in [-0.25, -0.2) is 8.42 Å². The standard InChI is InChI=1S/C22H26N2O2S/c1-16-22-19-15-18(27(3,25)26)9-10-20(19)24(21(22)12-13-23(16)2)14-11-17-7-5-4-6-8-17/h4-10,15-16H,11-14H2,1-3H3. The fourth-order valence-electron chi connectivity index (χ4n) is 4.22. The number of sulfone groups is 1. The fraction of sp³-hybridized carbons (Fsp3) is 0.364. The van der Waals surface area contributed by atoms with Crippen molar-refractivity contribution < 1.29 is 8.42 Å². The average Bonchev–Trinajstić information content (AvgIpc) is 2.96. The molecule has 142 valence electrons. The highest BCUT2D eigenvalue weighted by atomic mass is 32.2. The molecule has 27 heavy (non-hydrogen) atoms. The molecule has 4 rings (SSSR count). The quantitative estimate of drug-likeness (QED) is 0.689. The summed E-state index contributed by atoms with van der Waals surface area (Å²) in [5.74, 6) is 0. The van der Waals surface area contributed by atoms with Gasteiger partial charge in [0, 0.05) is 48.4 Å². The second kappa shape index (κ2) is 6.80. The Morgan fingerprint density at radius 2 is 1.85 bits per heavy atom. The molecular weight excluding hydrogens is 356 g/mol. The number of benzene rings is 2. The SMILES string of the molecule is CC1c2c(n(CCc3ccccc3)c3ccc(S(C)(=O)=O)cc23)CCN1C. The van der Waals surface area contributed by atoms with Crippen LogP contribution in [-0.4, -0.2) is 37.7 Å². The van der Waals surface area contributed by atoms with Crippen molar-refractivity contribution in [2.24, 2.45) is 0 Å². The lowest BCUT2D eigenvalue weighted by atomic mass is 9.97. The molecule has 0 bridgehead atoms. The topological polar surface area (TPSA) is 42.3 Å². The van der Waals surface area contributed by atoms with Gasteiger partial charge in [0.1, 0.15) is 0 Å². The Morgan fingerprint density at radius 3 is 2.56 bits per heavy atom. The molecule has 4 nitrogen and oxygen atoms in total. The zero-order valence-electron chi connectivity index (χ0n) is 16.1. The third kappa shape index (κ3) is 3.30. The van der Waals surface area contributed by atoms with E-state index < -0.39 is 9.84 Å². The molecule has 0 spiro atoms. The molecule has 3 aromatic rings. The number of aromatic nitrogens is 1. The Kier molecular flexibility index (Phi) is 4.60. The van der Waals surface area contributed by atoms with E-state index in [-0.39, 0.29) is 6.04 Å². The zero-order chi connectivity index (χ0) is 19.2. The number of aryl methyl sites for hydroxylation is 2. The largest absolute Gasteiger partial charge is 0.344 e. The molecule has 1 atom stereocenters. The van der Waals surface area contributed by atoms with Crippen molar-refractivity contribution in [1.29, 1.82) is 0 Å². The van der Waals surface area contributed by atoms with Gasteiger partial charge >= 0.3 is 0 Å². The summed E-state index contributed by atoms with van der Waals surface area (Å²) in [6, 6.07) is 16.4. The van der Waals surface area contributed by atoms with E-state index in [9.17, 15) is 8.42 Å². The summed E-state index contributed by atoms with van der Waals surface area (Å²) in [5.41, 5.74) is 5.11. The molecule has 0 N–H and O–H groups in total. The van der Waals surface area contributed by atoms with Gasteiger partial charge in [-0.3, -0.25) is 4.90 Å². The van der Waals surface area contributed by atoms with Gasteiger partial charge in [-0.05, 0) is 49.7 Å². The number of likely N-dealkylation sites (N-methyl/N-ethyl adjacent to an activating group) is 1. The van der Waals surface area contributed by atoms with E-state index in [2.05, 4.69) is 47.7 Å². The average molecular weight is 383 g/mol. The summed E-state index contributed by atoms with van der Waals surface area (Å²) >= 11 is 0. The zero-order valence-corrected chi connectivity index (χ0v) is 17.0. The van der Waals surface area contributed by atoms with Crippen LogP contribution in [0.5, 0.6) is 0 Å². The number of rotatable bonds is 4. The van der Waals surface area contributed by atoms with Gasteiger partial charge in [0.25, 0.3) is 0 Å². The summed E-state index contributed by atoms with van der Waals surface area (Å²) in [7, 11) is -1.08. The van der Waals surface area contributed by atoms with E-state index >= 15 is 0 Å². The smallest absolute Gasteiger partial charge is 0.175 e.